The lowest BCUT2D eigenvalue weighted by Gasteiger charge is -2.36. The first kappa shape index (κ1) is 15.7. The van der Waals surface area contributed by atoms with Crippen LogP contribution in [0.2, 0.25) is 0 Å². The Morgan fingerprint density at radius 3 is 2.62 bits per heavy atom. The van der Waals surface area contributed by atoms with E-state index in [-0.39, 0.29) is 17.1 Å². The molecule has 0 atom stereocenters. The highest BCUT2D eigenvalue weighted by molar-refractivity contribution is 5.98. The highest BCUT2D eigenvalue weighted by Crippen LogP contribution is 2.35. The molecular formula is C17H24N2O2. The van der Waals surface area contributed by atoms with Crippen LogP contribution < -0.4 is 10.6 Å². The van der Waals surface area contributed by atoms with Gasteiger partial charge in [0.2, 0.25) is 5.91 Å². The second-order valence-electron chi connectivity index (χ2n) is 5.87. The van der Waals surface area contributed by atoms with Gasteiger partial charge in [0.25, 0.3) is 0 Å². The predicted octanol–water partition coefficient (Wildman–Crippen LogP) is 3.00. The summed E-state index contributed by atoms with van der Waals surface area (Å²) in [6.45, 7) is 5.43. The van der Waals surface area contributed by atoms with Gasteiger partial charge >= 0.3 is 0 Å². The van der Waals surface area contributed by atoms with Crippen LogP contribution in [0.15, 0.2) is 24.3 Å². The number of carbonyl (C=O) groups excluding carboxylic acids is 2. The third-order valence-corrected chi connectivity index (χ3v) is 4.30. The van der Waals surface area contributed by atoms with Gasteiger partial charge in [-0.25, -0.2) is 0 Å². The smallest absolute Gasteiger partial charge is 0.230 e. The van der Waals surface area contributed by atoms with E-state index in [1.807, 2.05) is 6.07 Å². The number of nitrogens with one attached hydrogen (secondary N) is 2. The summed E-state index contributed by atoms with van der Waals surface area (Å²) in [5.74, 6) is 0.0998. The van der Waals surface area contributed by atoms with E-state index in [4.69, 9.17) is 0 Å². The quantitative estimate of drug-likeness (QED) is 0.819. The first-order valence-electron chi connectivity index (χ1n) is 7.70. The molecule has 0 spiro atoms. The van der Waals surface area contributed by atoms with Gasteiger partial charge in [0.15, 0.2) is 5.78 Å². The minimum atomic E-state index is -0.272. The van der Waals surface area contributed by atoms with Gasteiger partial charge < -0.3 is 10.6 Å². The van der Waals surface area contributed by atoms with E-state index in [9.17, 15) is 9.59 Å². The molecule has 4 nitrogen and oxygen atoms in total. The van der Waals surface area contributed by atoms with Crippen molar-refractivity contribution < 1.29 is 9.59 Å². The van der Waals surface area contributed by atoms with Crippen molar-refractivity contribution in [2.45, 2.75) is 39.5 Å². The number of carbonyl (C=O) groups is 2. The second-order valence-corrected chi connectivity index (χ2v) is 5.87. The number of hydrogen-bond acceptors (Lipinski definition) is 3. The number of amides is 1. The molecule has 0 saturated carbocycles. The minimum Gasteiger partial charge on any atom is -0.326 e. The van der Waals surface area contributed by atoms with E-state index in [1.165, 1.54) is 6.92 Å². The van der Waals surface area contributed by atoms with Crippen LogP contribution in [0.4, 0.5) is 5.69 Å². The Labute approximate surface area is 126 Å². The lowest BCUT2D eigenvalue weighted by molar-refractivity contribution is -0.127. The van der Waals surface area contributed by atoms with E-state index < -0.39 is 0 Å². The molecule has 0 aliphatic carbocycles. The molecular weight excluding hydrogens is 264 g/mol. The second kappa shape index (κ2) is 6.85. The average Bonchev–Trinajstić information content (AvgIpc) is 2.48. The van der Waals surface area contributed by atoms with Gasteiger partial charge in [0, 0.05) is 11.3 Å². The van der Waals surface area contributed by atoms with Crippen molar-refractivity contribution in [2.75, 3.05) is 18.4 Å². The molecule has 2 rings (SSSR count). The van der Waals surface area contributed by atoms with Crippen molar-refractivity contribution in [1.82, 2.24) is 5.32 Å². The van der Waals surface area contributed by atoms with E-state index in [2.05, 4.69) is 17.6 Å². The van der Waals surface area contributed by atoms with Crippen molar-refractivity contribution in [3.8, 4) is 0 Å². The number of piperidine rings is 1. The number of rotatable bonds is 5. The molecule has 1 saturated heterocycles. The molecule has 0 aromatic heterocycles. The highest BCUT2D eigenvalue weighted by Gasteiger charge is 2.38. The molecule has 21 heavy (non-hydrogen) atoms. The molecule has 4 heteroatoms. The first-order valence-corrected chi connectivity index (χ1v) is 7.70. The summed E-state index contributed by atoms with van der Waals surface area (Å²) in [6, 6.07) is 7.16. The third kappa shape index (κ3) is 3.70. The summed E-state index contributed by atoms with van der Waals surface area (Å²) < 4.78 is 0. The Balaban J connectivity index is 2.15. The zero-order valence-corrected chi connectivity index (χ0v) is 12.9. The summed E-state index contributed by atoms with van der Waals surface area (Å²) in [5.41, 5.74) is 1.07. The van der Waals surface area contributed by atoms with Crippen LogP contribution in [0.25, 0.3) is 0 Å². The fourth-order valence-corrected chi connectivity index (χ4v) is 3.05. The Morgan fingerprint density at radius 1 is 1.29 bits per heavy atom. The average molecular weight is 288 g/mol. The van der Waals surface area contributed by atoms with Crippen molar-refractivity contribution in [3.63, 3.8) is 0 Å². The largest absolute Gasteiger partial charge is 0.326 e. The maximum Gasteiger partial charge on any atom is 0.230 e. The molecule has 1 aromatic rings. The molecule has 2 N–H and O–H groups in total. The van der Waals surface area contributed by atoms with Crippen LogP contribution in [0, 0.1) is 5.41 Å². The van der Waals surface area contributed by atoms with Gasteiger partial charge in [0.05, 0.1) is 5.41 Å². The molecule has 0 radical (unpaired) electrons. The van der Waals surface area contributed by atoms with Crippen LogP contribution >= 0.6 is 0 Å². The summed E-state index contributed by atoms with van der Waals surface area (Å²) in [5, 5.41) is 6.33. The van der Waals surface area contributed by atoms with Gasteiger partial charge in [-0.3, -0.25) is 9.59 Å². The zero-order chi connectivity index (χ0) is 15.3. The molecule has 114 valence electrons. The van der Waals surface area contributed by atoms with Gasteiger partial charge in [-0.2, -0.15) is 0 Å². The minimum absolute atomic E-state index is 0.0104. The van der Waals surface area contributed by atoms with E-state index in [1.54, 1.807) is 18.2 Å². The fourth-order valence-electron chi connectivity index (χ4n) is 3.05. The topological polar surface area (TPSA) is 58.2 Å². The molecule has 1 fully saturated rings. The third-order valence-electron chi connectivity index (χ3n) is 4.30. The Morgan fingerprint density at radius 2 is 2.00 bits per heavy atom. The monoisotopic (exact) mass is 288 g/mol. The van der Waals surface area contributed by atoms with Crippen molar-refractivity contribution >= 4 is 17.4 Å². The molecule has 1 amide bonds. The normalized spacial score (nSPS) is 17.2. The van der Waals surface area contributed by atoms with Gasteiger partial charge in [-0.15, -0.1) is 0 Å². The van der Waals surface area contributed by atoms with Crippen LogP contribution in [-0.4, -0.2) is 24.8 Å². The Bertz CT molecular complexity index is 514. The number of hydrogen-bond donors (Lipinski definition) is 2. The maximum atomic E-state index is 12.7. The van der Waals surface area contributed by atoms with Crippen LogP contribution in [0.1, 0.15) is 49.9 Å². The summed E-state index contributed by atoms with van der Waals surface area (Å²) in [6.07, 6.45) is 3.66. The van der Waals surface area contributed by atoms with Crippen LogP contribution in [-0.2, 0) is 4.79 Å². The van der Waals surface area contributed by atoms with Crippen LogP contribution in [0.5, 0.6) is 0 Å². The molecule has 0 bridgehead atoms. The first-order chi connectivity index (χ1) is 10.1. The standard InChI is InChI=1S/C17H24N2O2/c1-3-7-17(8-10-18-11-9-17)16(21)19-15-6-4-5-14(12-15)13(2)20/h4-6,12,18H,3,7-11H2,1-2H3,(H,19,21). The maximum absolute atomic E-state index is 12.7. The van der Waals surface area contributed by atoms with Crippen molar-refractivity contribution in [1.29, 1.82) is 0 Å². The van der Waals surface area contributed by atoms with E-state index in [0.29, 0.717) is 11.3 Å². The highest BCUT2D eigenvalue weighted by atomic mass is 16.2. The summed E-state index contributed by atoms with van der Waals surface area (Å²) in [4.78, 5) is 24.2. The Kier molecular flexibility index (Phi) is 5.12. The van der Waals surface area contributed by atoms with Crippen molar-refractivity contribution in [3.05, 3.63) is 29.8 Å². The zero-order valence-electron chi connectivity index (χ0n) is 12.9. The number of benzene rings is 1. The molecule has 1 heterocycles. The van der Waals surface area contributed by atoms with Gasteiger partial charge in [-0.1, -0.05) is 25.5 Å². The van der Waals surface area contributed by atoms with Crippen LogP contribution in [0.3, 0.4) is 0 Å². The lowest BCUT2D eigenvalue weighted by atomic mass is 9.74. The summed E-state index contributed by atoms with van der Waals surface area (Å²) in [7, 11) is 0. The number of Topliss-reactive ketones (excluding diaryl/α,β-unsaturated/α-hetero) is 1. The fraction of sp³-hybridized carbons (Fsp3) is 0.529. The molecule has 1 aromatic carbocycles. The SMILES string of the molecule is CCCC1(C(=O)Nc2cccc(C(C)=O)c2)CCNCC1. The van der Waals surface area contributed by atoms with Gasteiger partial charge in [0.1, 0.15) is 0 Å². The van der Waals surface area contributed by atoms with E-state index >= 15 is 0 Å². The number of ketones is 1. The van der Waals surface area contributed by atoms with E-state index in [0.717, 1.165) is 38.8 Å². The molecule has 0 unspecified atom stereocenters. The predicted molar refractivity (Wildman–Crippen MR) is 84.5 cm³/mol. The molecule has 1 aliphatic rings. The van der Waals surface area contributed by atoms with Crippen molar-refractivity contribution in [2.24, 2.45) is 5.41 Å². The lowest BCUT2D eigenvalue weighted by Crippen LogP contribution is -2.44. The molecule has 1 aliphatic heterocycles. The Hall–Kier alpha value is -1.68. The van der Waals surface area contributed by atoms with Gasteiger partial charge in [-0.05, 0) is 51.4 Å². The number of anilines is 1. The summed E-state index contributed by atoms with van der Waals surface area (Å²) >= 11 is 0.